The molecule has 0 bridgehead atoms. The van der Waals surface area contributed by atoms with Gasteiger partial charge in [-0.25, -0.2) is 9.13 Å². The monoisotopic (exact) mass is 1660 g/mol. The van der Waals surface area contributed by atoms with Crippen molar-refractivity contribution in [3.05, 3.63) is 0 Å². The number of phosphoric acid groups is 2. The quantitative estimate of drug-likeness (QED) is 0.0222. The van der Waals surface area contributed by atoms with Gasteiger partial charge in [-0.3, -0.25) is 37.3 Å². The molecule has 3 unspecified atom stereocenters. The average Bonchev–Trinajstić information content (AvgIpc) is 0.922. The van der Waals surface area contributed by atoms with E-state index in [1.54, 1.807) is 0 Å². The fraction of sp³-hybridized carbons (Fsp3) is 0.958. The van der Waals surface area contributed by atoms with Crippen LogP contribution >= 0.6 is 15.6 Å². The molecule has 0 aromatic carbocycles. The average molecular weight is 1660 g/mol. The molecule has 0 aliphatic heterocycles. The van der Waals surface area contributed by atoms with Crippen LogP contribution in [0.3, 0.4) is 0 Å². The minimum absolute atomic E-state index is 0.110. The molecule has 0 saturated heterocycles. The first-order valence-corrected chi connectivity index (χ1v) is 52.2. The fourth-order valence-electron chi connectivity index (χ4n) is 15.0. The maximum atomic E-state index is 13.2. The summed E-state index contributed by atoms with van der Waals surface area (Å²) in [4.78, 5) is 73.5. The van der Waals surface area contributed by atoms with Crippen molar-refractivity contribution in [3.63, 3.8) is 0 Å². The van der Waals surface area contributed by atoms with Gasteiger partial charge >= 0.3 is 39.5 Å². The number of aliphatic hydroxyl groups is 1. The zero-order valence-electron chi connectivity index (χ0n) is 75.2. The first-order valence-electron chi connectivity index (χ1n) is 49.2. The number of carbonyl (C=O) groups excluding carboxylic acids is 4. The van der Waals surface area contributed by atoms with Gasteiger partial charge in [-0.2, -0.15) is 0 Å². The number of unbranched alkanes of at least 4 members (excludes halogenated alkanes) is 66. The van der Waals surface area contributed by atoms with Crippen molar-refractivity contribution in [2.45, 2.75) is 541 Å². The lowest BCUT2D eigenvalue weighted by molar-refractivity contribution is -0.161. The second-order valence-electron chi connectivity index (χ2n) is 34.4. The minimum atomic E-state index is -4.97. The fourth-order valence-corrected chi connectivity index (χ4v) is 16.6. The lowest BCUT2D eigenvalue weighted by Crippen LogP contribution is -2.30. The molecule has 0 aromatic heterocycles. The zero-order chi connectivity index (χ0) is 83.3. The predicted octanol–water partition coefficient (Wildman–Crippen LogP) is 29.9. The van der Waals surface area contributed by atoms with Crippen LogP contribution in [-0.4, -0.2) is 96.7 Å². The Labute approximate surface area is 702 Å². The molecule has 0 aliphatic rings. The number of carbonyl (C=O) groups is 4. The SMILES string of the molecule is CCCCCCCCCCCCCCCCCCCCCCCCC(=O)OC[C@H](COP(=O)(O)OC[C@@H](O)COP(=O)(O)OC[C@@H](COC(=O)CCCCCCCCCCCCCC)OC(=O)CCCCCCCCCCCCCCCCCCCC)OC(=O)CCCCCCCCCCCCCCCCCCCCC(C)CC. The van der Waals surface area contributed by atoms with Gasteiger partial charge in [-0.15, -0.1) is 0 Å². The highest BCUT2D eigenvalue weighted by Gasteiger charge is 2.31. The lowest BCUT2D eigenvalue weighted by atomic mass is 9.99. The largest absolute Gasteiger partial charge is 0.472 e. The topological polar surface area (TPSA) is 237 Å². The van der Waals surface area contributed by atoms with E-state index in [0.29, 0.717) is 25.7 Å². The summed E-state index contributed by atoms with van der Waals surface area (Å²) in [6, 6.07) is 0. The third-order valence-electron chi connectivity index (χ3n) is 22.9. The van der Waals surface area contributed by atoms with E-state index in [2.05, 4.69) is 34.6 Å². The summed E-state index contributed by atoms with van der Waals surface area (Å²) in [5, 5.41) is 10.7. The maximum Gasteiger partial charge on any atom is 0.472 e. The number of hydrogen-bond donors (Lipinski definition) is 3. The van der Waals surface area contributed by atoms with Crippen molar-refractivity contribution < 1.29 is 80.2 Å². The minimum Gasteiger partial charge on any atom is -0.462 e. The normalized spacial score (nSPS) is 13.9. The van der Waals surface area contributed by atoms with E-state index in [9.17, 15) is 43.2 Å². The number of ether oxygens (including phenoxy) is 4. The van der Waals surface area contributed by atoms with Gasteiger partial charge in [0.25, 0.3) is 0 Å². The molecule has 19 heteroatoms. The van der Waals surface area contributed by atoms with E-state index in [-0.39, 0.29) is 25.7 Å². The van der Waals surface area contributed by atoms with Gasteiger partial charge in [0.15, 0.2) is 12.2 Å². The van der Waals surface area contributed by atoms with Crippen LogP contribution in [0.25, 0.3) is 0 Å². The van der Waals surface area contributed by atoms with Gasteiger partial charge in [-0.1, -0.05) is 471 Å². The van der Waals surface area contributed by atoms with Gasteiger partial charge in [0.2, 0.25) is 0 Å². The molecule has 0 amide bonds. The Bertz CT molecular complexity index is 2150. The number of rotatable bonds is 95. The van der Waals surface area contributed by atoms with Crippen molar-refractivity contribution in [3.8, 4) is 0 Å². The van der Waals surface area contributed by atoms with Gasteiger partial charge in [-0.05, 0) is 31.6 Å². The first kappa shape index (κ1) is 112. The summed E-state index contributed by atoms with van der Waals surface area (Å²) in [5.41, 5.74) is 0. The highest BCUT2D eigenvalue weighted by molar-refractivity contribution is 7.47. The molecule has 0 heterocycles. The Kier molecular flexibility index (Phi) is 85.9. The first-order chi connectivity index (χ1) is 55.6. The summed E-state index contributed by atoms with van der Waals surface area (Å²) in [6.07, 6.45) is 84.8. The summed E-state index contributed by atoms with van der Waals surface area (Å²) >= 11 is 0. The van der Waals surface area contributed by atoms with E-state index >= 15 is 0 Å². The zero-order valence-corrected chi connectivity index (χ0v) is 77.0. The highest BCUT2D eigenvalue weighted by Crippen LogP contribution is 2.45. The Morgan fingerprint density at radius 2 is 0.421 bits per heavy atom. The van der Waals surface area contributed by atoms with Crippen molar-refractivity contribution in [2.75, 3.05) is 39.6 Å². The van der Waals surface area contributed by atoms with E-state index < -0.39 is 97.5 Å². The van der Waals surface area contributed by atoms with Crippen LogP contribution < -0.4 is 0 Å². The second kappa shape index (κ2) is 87.4. The molecule has 3 N–H and O–H groups in total. The van der Waals surface area contributed by atoms with Crippen molar-refractivity contribution in [1.82, 2.24) is 0 Å². The van der Waals surface area contributed by atoms with Crippen LogP contribution in [0, 0.1) is 5.92 Å². The summed E-state index contributed by atoms with van der Waals surface area (Å²) in [5.74, 6) is -1.22. The van der Waals surface area contributed by atoms with Crippen LogP contribution in [0.15, 0.2) is 0 Å². The Morgan fingerprint density at radius 1 is 0.246 bits per heavy atom. The number of esters is 4. The molecular formula is C95H186O17P2. The Morgan fingerprint density at radius 3 is 0.623 bits per heavy atom. The van der Waals surface area contributed by atoms with Gasteiger partial charge in [0.05, 0.1) is 26.4 Å². The maximum absolute atomic E-state index is 13.2. The highest BCUT2D eigenvalue weighted by atomic mass is 31.2. The van der Waals surface area contributed by atoms with E-state index in [4.69, 9.17) is 37.0 Å². The predicted molar refractivity (Wildman–Crippen MR) is 474 cm³/mol. The van der Waals surface area contributed by atoms with Crippen LogP contribution in [0.4, 0.5) is 0 Å². The molecule has 0 spiro atoms. The molecule has 0 radical (unpaired) electrons. The molecule has 0 saturated carbocycles. The molecule has 0 aromatic rings. The van der Waals surface area contributed by atoms with E-state index in [1.807, 2.05) is 0 Å². The van der Waals surface area contributed by atoms with Crippen LogP contribution in [0.5, 0.6) is 0 Å². The van der Waals surface area contributed by atoms with Crippen LogP contribution in [0.1, 0.15) is 523 Å². The number of phosphoric ester groups is 2. The van der Waals surface area contributed by atoms with Crippen molar-refractivity contribution in [1.29, 1.82) is 0 Å². The lowest BCUT2D eigenvalue weighted by Gasteiger charge is -2.21. The summed E-state index contributed by atoms with van der Waals surface area (Å²) in [6.45, 7) is 7.49. The number of aliphatic hydroxyl groups excluding tert-OH is 1. The summed E-state index contributed by atoms with van der Waals surface area (Å²) < 4.78 is 69.2. The molecule has 0 rings (SSSR count). The second-order valence-corrected chi connectivity index (χ2v) is 37.3. The third kappa shape index (κ3) is 86.4. The smallest absolute Gasteiger partial charge is 0.462 e. The van der Waals surface area contributed by atoms with Gasteiger partial charge < -0.3 is 33.8 Å². The molecule has 114 heavy (non-hydrogen) atoms. The number of hydrogen-bond acceptors (Lipinski definition) is 15. The molecule has 678 valence electrons. The third-order valence-corrected chi connectivity index (χ3v) is 24.8. The van der Waals surface area contributed by atoms with Gasteiger partial charge in [0.1, 0.15) is 19.3 Å². The van der Waals surface area contributed by atoms with Gasteiger partial charge in [0, 0.05) is 25.7 Å². The summed E-state index contributed by atoms with van der Waals surface area (Å²) in [7, 11) is -9.94. The van der Waals surface area contributed by atoms with Crippen molar-refractivity contribution >= 4 is 39.5 Å². The van der Waals surface area contributed by atoms with Crippen molar-refractivity contribution in [2.24, 2.45) is 5.92 Å². The molecule has 17 nitrogen and oxygen atoms in total. The molecular weight excluding hydrogens is 1470 g/mol. The molecule has 0 aliphatic carbocycles. The standard InChI is InChI=1S/C95H186O17P2/c1-6-10-13-16-19-22-25-28-30-32-34-35-36-37-42-45-49-54-59-64-69-74-79-93(98)106-85-91(112-95(100)81-76-71-66-61-56-51-47-43-39-38-40-44-48-52-57-62-67-72-77-88(5)9-4)87-110-114(103,104)108-83-89(96)82-107-113(101,102)109-86-90(84-105-92(97)78-73-68-63-58-53-27-24-21-18-15-12-8-3)111-94(99)80-75-70-65-60-55-50-46-41-33-31-29-26-23-20-17-14-11-7-2/h88-91,96H,6-87H2,1-5H3,(H,101,102)(H,103,104)/t88?,89-,90+,91+/m0/s1. The Hall–Kier alpha value is -1.94. The van der Waals surface area contributed by atoms with E-state index in [0.717, 1.165) is 95.8 Å². The Balaban J connectivity index is 5.23. The molecule has 6 atom stereocenters. The molecule has 0 fully saturated rings. The van der Waals surface area contributed by atoms with Crippen LogP contribution in [0.2, 0.25) is 0 Å². The van der Waals surface area contributed by atoms with Crippen LogP contribution in [-0.2, 0) is 65.4 Å². The van der Waals surface area contributed by atoms with E-state index in [1.165, 1.54) is 347 Å².